The van der Waals surface area contributed by atoms with Gasteiger partial charge in [-0.05, 0) is 24.3 Å². The maximum absolute atomic E-state index is 12.6. The van der Waals surface area contributed by atoms with E-state index in [9.17, 15) is 14.0 Å². The second kappa shape index (κ2) is 6.62. The standard InChI is InChI=1S/C12H9ClFN5O2/c13-7-1-4-10(16-5-7)18-19-12(21)17-11(20)9-3-2-8(14)6-15-9/h1-6H,(H,16,18)(H2,17,19,20,21). The number of amides is 3. The first-order chi connectivity index (χ1) is 10.0. The number of carbonyl (C=O) groups is 2. The highest BCUT2D eigenvalue weighted by molar-refractivity contribution is 6.30. The van der Waals surface area contributed by atoms with Crippen molar-refractivity contribution < 1.29 is 14.0 Å². The number of nitrogens with zero attached hydrogens (tertiary/aromatic N) is 2. The first kappa shape index (κ1) is 14.7. The van der Waals surface area contributed by atoms with E-state index in [4.69, 9.17) is 11.6 Å². The normalized spacial score (nSPS) is 9.81. The summed E-state index contributed by atoms with van der Waals surface area (Å²) < 4.78 is 12.6. The molecule has 0 aliphatic rings. The molecule has 0 saturated carbocycles. The van der Waals surface area contributed by atoms with E-state index in [0.717, 1.165) is 18.3 Å². The summed E-state index contributed by atoms with van der Waals surface area (Å²) in [6, 6.07) is 4.51. The lowest BCUT2D eigenvalue weighted by molar-refractivity contribution is 0.0959. The molecular formula is C12H9ClFN5O2. The van der Waals surface area contributed by atoms with Crippen molar-refractivity contribution in [2.45, 2.75) is 0 Å². The number of hydrogen-bond acceptors (Lipinski definition) is 5. The second-order valence-corrected chi connectivity index (χ2v) is 4.19. The molecule has 3 amide bonds. The first-order valence-corrected chi connectivity index (χ1v) is 6.03. The van der Waals surface area contributed by atoms with Gasteiger partial charge in [-0.3, -0.25) is 15.5 Å². The van der Waals surface area contributed by atoms with Crippen LogP contribution in [0.3, 0.4) is 0 Å². The zero-order valence-electron chi connectivity index (χ0n) is 10.4. The number of urea groups is 1. The van der Waals surface area contributed by atoms with Crippen molar-refractivity contribution in [3.63, 3.8) is 0 Å². The molecule has 0 saturated heterocycles. The Labute approximate surface area is 123 Å². The zero-order chi connectivity index (χ0) is 15.2. The molecule has 2 heterocycles. The number of rotatable bonds is 3. The van der Waals surface area contributed by atoms with Gasteiger partial charge in [0.05, 0.1) is 11.2 Å². The summed E-state index contributed by atoms with van der Waals surface area (Å²) in [4.78, 5) is 30.5. The number of carbonyl (C=O) groups excluding carboxylic acids is 2. The number of hydrazine groups is 1. The molecule has 2 aromatic heterocycles. The Morgan fingerprint density at radius 3 is 2.52 bits per heavy atom. The fourth-order valence-electron chi connectivity index (χ4n) is 1.28. The van der Waals surface area contributed by atoms with Crippen LogP contribution in [-0.2, 0) is 0 Å². The summed E-state index contributed by atoms with van der Waals surface area (Å²) in [6.45, 7) is 0. The lowest BCUT2D eigenvalue weighted by atomic mass is 10.3. The molecule has 0 fully saturated rings. The van der Waals surface area contributed by atoms with E-state index in [-0.39, 0.29) is 5.69 Å². The van der Waals surface area contributed by atoms with Gasteiger partial charge in [-0.15, -0.1) is 0 Å². The number of imide groups is 1. The fourth-order valence-corrected chi connectivity index (χ4v) is 1.39. The number of halogens is 2. The Bertz CT molecular complexity index is 648. The molecule has 0 spiro atoms. The molecule has 0 aliphatic carbocycles. The SMILES string of the molecule is O=C(NNc1ccc(Cl)cn1)NC(=O)c1ccc(F)cn1. The summed E-state index contributed by atoms with van der Waals surface area (Å²) in [5.41, 5.74) is 4.59. The van der Waals surface area contributed by atoms with Crippen LogP contribution in [0.5, 0.6) is 0 Å². The highest BCUT2D eigenvalue weighted by Gasteiger charge is 2.11. The molecule has 21 heavy (non-hydrogen) atoms. The average molecular weight is 310 g/mol. The van der Waals surface area contributed by atoms with Gasteiger partial charge >= 0.3 is 6.03 Å². The van der Waals surface area contributed by atoms with Crippen LogP contribution < -0.4 is 16.2 Å². The van der Waals surface area contributed by atoms with Crippen LogP contribution >= 0.6 is 11.6 Å². The van der Waals surface area contributed by atoms with Gasteiger partial charge in [-0.1, -0.05) is 11.6 Å². The second-order valence-electron chi connectivity index (χ2n) is 3.76. The van der Waals surface area contributed by atoms with E-state index in [2.05, 4.69) is 20.8 Å². The molecule has 0 aliphatic heterocycles. The number of aromatic nitrogens is 2. The van der Waals surface area contributed by atoms with Crippen molar-refractivity contribution in [1.82, 2.24) is 20.7 Å². The third kappa shape index (κ3) is 4.39. The van der Waals surface area contributed by atoms with Crippen LogP contribution in [0.15, 0.2) is 36.7 Å². The largest absolute Gasteiger partial charge is 0.340 e. The van der Waals surface area contributed by atoms with Crippen molar-refractivity contribution in [2.24, 2.45) is 0 Å². The molecule has 0 unspecified atom stereocenters. The van der Waals surface area contributed by atoms with E-state index >= 15 is 0 Å². The average Bonchev–Trinajstić information content (AvgIpc) is 2.47. The highest BCUT2D eigenvalue weighted by atomic mass is 35.5. The van der Waals surface area contributed by atoms with E-state index in [1.54, 1.807) is 6.07 Å². The minimum absolute atomic E-state index is 0.0869. The van der Waals surface area contributed by atoms with Crippen LogP contribution in [-0.4, -0.2) is 21.9 Å². The Hall–Kier alpha value is -2.74. The quantitative estimate of drug-likeness (QED) is 0.750. The minimum Gasteiger partial charge on any atom is -0.280 e. The van der Waals surface area contributed by atoms with Crippen LogP contribution in [0.2, 0.25) is 5.02 Å². The molecule has 0 aromatic carbocycles. The molecule has 0 bridgehead atoms. The third-order valence-corrected chi connectivity index (χ3v) is 2.44. The van der Waals surface area contributed by atoms with Gasteiger partial charge in [0.25, 0.3) is 5.91 Å². The van der Waals surface area contributed by atoms with Crippen LogP contribution in [0.25, 0.3) is 0 Å². The number of anilines is 1. The zero-order valence-corrected chi connectivity index (χ0v) is 11.2. The predicted molar refractivity (Wildman–Crippen MR) is 73.1 cm³/mol. The molecule has 3 N–H and O–H groups in total. The summed E-state index contributed by atoms with van der Waals surface area (Å²) in [7, 11) is 0. The number of pyridine rings is 2. The van der Waals surface area contributed by atoms with E-state index < -0.39 is 17.8 Å². The molecule has 2 aromatic rings. The predicted octanol–water partition coefficient (Wildman–Crippen LogP) is 1.74. The summed E-state index contributed by atoms with van der Waals surface area (Å²) in [5.74, 6) is -1.01. The topological polar surface area (TPSA) is 96.0 Å². The fraction of sp³-hybridized carbons (Fsp3) is 0. The minimum atomic E-state index is -0.817. The third-order valence-electron chi connectivity index (χ3n) is 2.22. The van der Waals surface area contributed by atoms with E-state index in [1.807, 2.05) is 5.32 Å². The monoisotopic (exact) mass is 309 g/mol. The van der Waals surface area contributed by atoms with Crippen molar-refractivity contribution in [2.75, 3.05) is 5.43 Å². The lowest BCUT2D eigenvalue weighted by Crippen LogP contribution is -2.42. The smallest absolute Gasteiger partial charge is 0.280 e. The summed E-state index contributed by atoms with van der Waals surface area (Å²) in [5, 5.41) is 2.45. The van der Waals surface area contributed by atoms with Crippen LogP contribution in [0.1, 0.15) is 10.5 Å². The Morgan fingerprint density at radius 1 is 1.10 bits per heavy atom. The van der Waals surface area contributed by atoms with Gasteiger partial charge in [0.15, 0.2) is 0 Å². The highest BCUT2D eigenvalue weighted by Crippen LogP contribution is 2.08. The van der Waals surface area contributed by atoms with Gasteiger partial charge in [0.2, 0.25) is 0 Å². The van der Waals surface area contributed by atoms with Gasteiger partial charge < -0.3 is 0 Å². The van der Waals surface area contributed by atoms with Gasteiger partial charge in [0.1, 0.15) is 17.3 Å². The molecule has 7 nitrogen and oxygen atoms in total. The number of hydrogen-bond donors (Lipinski definition) is 3. The summed E-state index contributed by atoms with van der Waals surface area (Å²) >= 11 is 5.65. The van der Waals surface area contributed by atoms with Crippen molar-refractivity contribution in [3.8, 4) is 0 Å². The first-order valence-electron chi connectivity index (χ1n) is 5.65. The Balaban J connectivity index is 1.85. The molecule has 9 heteroatoms. The van der Waals surface area contributed by atoms with Crippen LogP contribution in [0.4, 0.5) is 15.0 Å². The van der Waals surface area contributed by atoms with Gasteiger partial charge in [-0.2, -0.15) is 0 Å². The Morgan fingerprint density at radius 2 is 1.90 bits per heavy atom. The van der Waals surface area contributed by atoms with Crippen molar-refractivity contribution in [3.05, 3.63) is 53.2 Å². The molecular weight excluding hydrogens is 301 g/mol. The maximum atomic E-state index is 12.6. The number of nitrogens with one attached hydrogen (secondary N) is 3. The molecule has 0 radical (unpaired) electrons. The van der Waals surface area contributed by atoms with Crippen molar-refractivity contribution in [1.29, 1.82) is 0 Å². The van der Waals surface area contributed by atoms with Gasteiger partial charge in [0, 0.05) is 6.20 Å². The van der Waals surface area contributed by atoms with E-state index in [0.29, 0.717) is 10.8 Å². The molecule has 108 valence electrons. The van der Waals surface area contributed by atoms with Gasteiger partial charge in [-0.25, -0.2) is 24.6 Å². The summed E-state index contributed by atoms with van der Waals surface area (Å²) in [6.07, 6.45) is 2.26. The lowest BCUT2D eigenvalue weighted by Gasteiger charge is -2.08. The van der Waals surface area contributed by atoms with Crippen LogP contribution in [0, 0.1) is 5.82 Å². The molecule has 2 rings (SSSR count). The van der Waals surface area contributed by atoms with Crippen molar-refractivity contribution >= 4 is 29.4 Å². The molecule has 0 atom stereocenters. The Kier molecular flexibility index (Phi) is 4.62. The van der Waals surface area contributed by atoms with E-state index in [1.165, 1.54) is 12.3 Å². The maximum Gasteiger partial charge on any atom is 0.340 e.